The third-order valence-electron chi connectivity index (χ3n) is 4.12. The Morgan fingerprint density at radius 3 is 2.20 bits per heavy atom. The quantitative estimate of drug-likeness (QED) is 0.447. The van der Waals surface area contributed by atoms with Gasteiger partial charge in [0.2, 0.25) is 0 Å². The fourth-order valence-corrected chi connectivity index (χ4v) is 2.54. The van der Waals surface area contributed by atoms with Crippen LogP contribution in [0.25, 0.3) is 0 Å². The molecule has 7 nitrogen and oxygen atoms in total. The molecule has 3 aromatic carbocycles. The van der Waals surface area contributed by atoms with Crippen LogP contribution in [0.2, 0.25) is 0 Å². The molecule has 0 aromatic heterocycles. The molecule has 0 spiro atoms. The first kappa shape index (κ1) is 20.7. The van der Waals surface area contributed by atoms with Gasteiger partial charge in [-0.15, -0.1) is 0 Å². The number of azo groups is 1. The number of carbonyl (C=O) groups is 2. The van der Waals surface area contributed by atoms with Crippen molar-refractivity contribution < 1.29 is 14.3 Å². The summed E-state index contributed by atoms with van der Waals surface area (Å²) in [5.41, 5.74) is 3.25. The van der Waals surface area contributed by atoms with Crippen molar-refractivity contribution in [3.8, 4) is 0 Å². The summed E-state index contributed by atoms with van der Waals surface area (Å²) in [7, 11) is 3.76. The van der Waals surface area contributed by atoms with Gasteiger partial charge >= 0.3 is 5.97 Å². The number of ether oxygens (including phenoxy) is 1. The largest absolute Gasteiger partial charge is 0.452 e. The SMILES string of the molecule is CN(C)c1cccc(C(=O)OCC(=O)Nc2ccc(N=Nc3ccccc3)cc2)c1. The number of anilines is 2. The maximum atomic E-state index is 12.2. The van der Waals surface area contributed by atoms with Crippen molar-refractivity contribution in [3.05, 3.63) is 84.4 Å². The molecule has 0 bridgehead atoms. The van der Waals surface area contributed by atoms with Gasteiger partial charge in [-0.1, -0.05) is 24.3 Å². The lowest BCUT2D eigenvalue weighted by Crippen LogP contribution is -2.21. The van der Waals surface area contributed by atoms with Gasteiger partial charge in [-0.2, -0.15) is 10.2 Å². The van der Waals surface area contributed by atoms with E-state index in [2.05, 4.69) is 15.5 Å². The molecule has 0 fully saturated rings. The minimum atomic E-state index is -0.550. The Hall–Kier alpha value is -4.00. The summed E-state index contributed by atoms with van der Waals surface area (Å²) >= 11 is 0. The molecule has 0 unspecified atom stereocenters. The number of benzene rings is 3. The Kier molecular flexibility index (Phi) is 6.89. The molecule has 0 saturated carbocycles. The van der Waals surface area contributed by atoms with E-state index in [-0.39, 0.29) is 6.61 Å². The van der Waals surface area contributed by atoms with Crippen LogP contribution >= 0.6 is 0 Å². The highest BCUT2D eigenvalue weighted by molar-refractivity contribution is 5.96. The summed E-state index contributed by atoms with van der Waals surface area (Å²) in [4.78, 5) is 26.1. The van der Waals surface area contributed by atoms with E-state index < -0.39 is 11.9 Å². The Balaban J connectivity index is 1.50. The van der Waals surface area contributed by atoms with Gasteiger partial charge in [0, 0.05) is 25.5 Å². The summed E-state index contributed by atoms with van der Waals surface area (Å²) in [5, 5.41) is 11.0. The van der Waals surface area contributed by atoms with E-state index in [1.807, 2.05) is 55.4 Å². The molecule has 152 valence electrons. The standard InChI is InChI=1S/C23H22N4O3/c1-27(2)21-10-6-7-17(15-21)23(29)30-16-22(28)24-18-11-13-20(14-12-18)26-25-19-8-4-3-5-9-19/h3-15H,16H2,1-2H3,(H,24,28). The molecule has 7 heteroatoms. The first-order valence-electron chi connectivity index (χ1n) is 9.32. The second kappa shape index (κ2) is 9.97. The summed E-state index contributed by atoms with van der Waals surface area (Å²) in [6, 6.07) is 23.3. The second-order valence-corrected chi connectivity index (χ2v) is 6.65. The lowest BCUT2D eigenvalue weighted by Gasteiger charge is -2.13. The molecule has 0 radical (unpaired) electrons. The van der Waals surface area contributed by atoms with Crippen molar-refractivity contribution in [2.75, 3.05) is 30.9 Å². The second-order valence-electron chi connectivity index (χ2n) is 6.65. The van der Waals surface area contributed by atoms with Gasteiger partial charge in [0.05, 0.1) is 16.9 Å². The van der Waals surface area contributed by atoms with E-state index in [9.17, 15) is 9.59 Å². The minimum absolute atomic E-state index is 0.375. The molecule has 3 aromatic rings. The summed E-state index contributed by atoms with van der Waals surface area (Å²) in [6.07, 6.45) is 0. The van der Waals surface area contributed by atoms with Crippen LogP contribution in [0.4, 0.5) is 22.7 Å². The van der Waals surface area contributed by atoms with Crippen LogP contribution in [-0.4, -0.2) is 32.6 Å². The van der Waals surface area contributed by atoms with Crippen molar-refractivity contribution in [2.24, 2.45) is 10.2 Å². The van der Waals surface area contributed by atoms with E-state index in [0.29, 0.717) is 16.9 Å². The zero-order valence-corrected chi connectivity index (χ0v) is 16.8. The van der Waals surface area contributed by atoms with E-state index in [0.717, 1.165) is 11.4 Å². The van der Waals surface area contributed by atoms with E-state index >= 15 is 0 Å². The molecule has 0 heterocycles. The highest BCUT2D eigenvalue weighted by atomic mass is 16.5. The van der Waals surface area contributed by atoms with Gasteiger partial charge in [0.15, 0.2) is 6.61 Å². The molecule has 0 atom stereocenters. The maximum absolute atomic E-state index is 12.2. The number of hydrogen-bond donors (Lipinski definition) is 1. The molecule has 30 heavy (non-hydrogen) atoms. The van der Waals surface area contributed by atoms with Crippen molar-refractivity contribution in [2.45, 2.75) is 0 Å². The lowest BCUT2D eigenvalue weighted by molar-refractivity contribution is -0.119. The lowest BCUT2D eigenvalue weighted by atomic mass is 10.2. The normalized spacial score (nSPS) is 10.6. The smallest absolute Gasteiger partial charge is 0.338 e. The number of rotatable bonds is 7. The van der Waals surface area contributed by atoms with Crippen LogP contribution in [0.5, 0.6) is 0 Å². The van der Waals surface area contributed by atoms with Gasteiger partial charge in [-0.25, -0.2) is 4.79 Å². The third-order valence-corrected chi connectivity index (χ3v) is 4.12. The third kappa shape index (κ3) is 6.00. The number of nitrogens with zero attached hydrogens (tertiary/aromatic N) is 3. The molecule has 1 amide bonds. The van der Waals surface area contributed by atoms with Crippen molar-refractivity contribution in [1.82, 2.24) is 0 Å². The van der Waals surface area contributed by atoms with Crippen LogP contribution in [0, 0.1) is 0 Å². The minimum Gasteiger partial charge on any atom is -0.452 e. The van der Waals surface area contributed by atoms with Crippen LogP contribution in [0.3, 0.4) is 0 Å². The number of nitrogens with one attached hydrogen (secondary N) is 1. The van der Waals surface area contributed by atoms with Gasteiger partial charge in [0.25, 0.3) is 5.91 Å². The van der Waals surface area contributed by atoms with Gasteiger partial charge in [-0.3, -0.25) is 4.79 Å². The summed E-state index contributed by atoms with van der Waals surface area (Å²) in [5.74, 6) is -0.976. The molecule has 0 saturated heterocycles. The first-order valence-corrected chi connectivity index (χ1v) is 9.32. The molecule has 0 aliphatic rings. The summed E-state index contributed by atoms with van der Waals surface area (Å²) in [6.45, 7) is -0.375. The number of esters is 1. The predicted octanol–water partition coefficient (Wildman–Crippen LogP) is 4.96. The van der Waals surface area contributed by atoms with Gasteiger partial charge < -0.3 is 15.0 Å². The predicted molar refractivity (Wildman–Crippen MR) is 117 cm³/mol. The average molecular weight is 402 g/mol. The van der Waals surface area contributed by atoms with Gasteiger partial charge in [-0.05, 0) is 54.6 Å². The van der Waals surface area contributed by atoms with Crippen LogP contribution in [0.1, 0.15) is 10.4 Å². The van der Waals surface area contributed by atoms with Crippen LogP contribution < -0.4 is 10.2 Å². The van der Waals surface area contributed by atoms with E-state index in [4.69, 9.17) is 4.74 Å². The molecular formula is C23H22N4O3. The molecule has 0 aliphatic heterocycles. The number of hydrogen-bond acceptors (Lipinski definition) is 6. The summed E-state index contributed by atoms with van der Waals surface area (Å²) < 4.78 is 5.11. The Labute approximate surface area is 175 Å². The highest BCUT2D eigenvalue weighted by Crippen LogP contribution is 2.20. The maximum Gasteiger partial charge on any atom is 0.338 e. The van der Waals surface area contributed by atoms with Crippen LogP contribution in [-0.2, 0) is 9.53 Å². The highest BCUT2D eigenvalue weighted by Gasteiger charge is 2.11. The molecule has 3 rings (SSSR count). The number of carbonyl (C=O) groups excluding carboxylic acids is 2. The van der Waals surface area contributed by atoms with Crippen molar-refractivity contribution in [3.63, 3.8) is 0 Å². The molecule has 0 aliphatic carbocycles. The first-order chi connectivity index (χ1) is 14.5. The van der Waals surface area contributed by atoms with Crippen molar-refractivity contribution >= 4 is 34.6 Å². The zero-order chi connectivity index (χ0) is 21.3. The van der Waals surface area contributed by atoms with Gasteiger partial charge in [0.1, 0.15) is 0 Å². The monoisotopic (exact) mass is 402 g/mol. The zero-order valence-electron chi connectivity index (χ0n) is 16.8. The topological polar surface area (TPSA) is 83.4 Å². The fraction of sp³-hybridized carbons (Fsp3) is 0.130. The van der Waals surface area contributed by atoms with E-state index in [1.165, 1.54) is 0 Å². The Bertz CT molecular complexity index is 1030. The van der Waals surface area contributed by atoms with Crippen LogP contribution in [0.15, 0.2) is 89.1 Å². The fourth-order valence-electron chi connectivity index (χ4n) is 2.54. The Morgan fingerprint density at radius 1 is 0.867 bits per heavy atom. The molecule has 1 N–H and O–H groups in total. The van der Waals surface area contributed by atoms with E-state index in [1.54, 1.807) is 42.5 Å². The molecular weight excluding hydrogens is 380 g/mol. The van der Waals surface area contributed by atoms with Crippen molar-refractivity contribution in [1.29, 1.82) is 0 Å². The number of amides is 1. The Morgan fingerprint density at radius 2 is 1.53 bits per heavy atom. The average Bonchev–Trinajstić information content (AvgIpc) is 2.78.